The Morgan fingerprint density at radius 2 is 1.73 bits per heavy atom. The van der Waals surface area contributed by atoms with Crippen molar-refractivity contribution in [2.75, 3.05) is 11.1 Å². The number of rotatable bonds is 8. The van der Waals surface area contributed by atoms with Crippen LogP contribution in [-0.2, 0) is 16.1 Å². The predicted molar refractivity (Wildman–Crippen MR) is 145 cm³/mol. The Kier molecular flexibility index (Phi) is 8.28. The van der Waals surface area contributed by atoms with Crippen molar-refractivity contribution >= 4 is 34.7 Å². The van der Waals surface area contributed by atoms with Gasteiger partial charge in [-0.2, -0.15) is 0 Å². The van der Waals surface area contributed by atoms with Crippen LogP contribution in [0.3, 0.4) is 0 Å². The summed E-state index contributed by atoms with van der Waals surface area (Å²) >= 11 is 3.21. The molecular formula is C28H27N3O4S2. The van der Waals surface area contributed by atoms with Crippen LogP contribution in [0.25, 0.3) is 0 Å². The normalized spacial score (nSPS) is 19.5. The maximum atomic E-state index is 12.5. The molecule has 3 aromatic carbocycles. The largest absolute Gasteiger partial charge is 0.392 e. The summed E-state index contributed by atoms with van der Waals surface area (Å²) in [5, 5.41) is 21.6. The number of carbonyl (C=O) groups is 1. The lowest BCUT2D eigenvalue weighted by Crippen LogP contribution is -2.31. The molecule has 37 heavy (non-hydrogen) atoms. The Morgan fingerprint density at radius 1 is 1.00 bits per heavy atom. The molecule has 0 saturated carbocycles. The summed E-state index contributed by atoms with van der Waals surface area (Å²) in [6.07, 6.45) is -0.0825. The molecule has 0 spiro atoms. The maximum absolute atomic E-state index is 12.5. The second kappa shape index (κ2) is 12.0. The van der Waals surface area contributed by atoms with E-state index in [2.05, 4.69) is 15.5 Å². The van der Waals surface area contributed by atoms with Crippen LogP contribution in [0.5, 0.6) is 0 Å². The summed E-state index contributed by atoms with van der Waals surface area (Å²) < 4.78 is 13.7. The summed E-state index contributed by atoms with van der Waals surface area (Å²) in [6, 6.07) is 24.5. The van der Waals surface area contributed by atoms with E-state index >= 15 is 0 Å². The van der Waals surface area contributed by atoms with Crippen LogP contribution in [0.1, 0.15) is 50.9 Å². The fraction of sp³-hybridized carbons (Fsp3) is 0.250. The molecular weight excluding hydrogens is 506 g/mol. The number of aliphatic hydroxyl groups is 1. The molecule has 0 unspecified atom stereocenters. The van der Waals surface area contributed by atoms with Gasteiger partial charge >= 0.3 is 0 Å². The molecule has 0 aliphatic carbocycles. The highest BCUT2D eigenvalue weighted by molar-refractivity contribution is 8.01. The zero-order chi connectivity index (χ0) is 25.6. The SMILES string of the molecule is Cc1nnc(SC[C@H]2C[C@@H](c3ccc(CO)cc3)O[C@@H](c3ccc(NC(=O)c4ccccc4)cc3)O2)s1. The zero-order valence-electron chi connectivity index (χ0n) is 20.2. The van der Waals surface area contributed by atoms with Crippen molar-refractivity contribution < 1.29 is 19.4 Å². The molecule has 9 heteroatoms. The molecule has 1 fully saturated rings. The van der Waals surface area contributed by atoms with Crippen LogP contribution in [0, 0.1) is 6.92 Å². The van der Waals surface area contributed by atoms with Gasteiger partial charge in [0.1, 0.15) is 5.01 Å². The van der Waals surface area contributed by atoms with Gasteiger partial charge in [0.15, 0.2) is 10.6 Å². The predicted octanol–water partition coefficient (Wildman–Crippen LogP) is 5.93. The lowest BCUT2D eigenvalue weighted by molar-refractivity contribution is -0.245. The number of ether oxygens (including phenoxy) is 2. The number of benzene rings is 3. The van der Waals surface area contributed by atoms with E-state index in [9.17, 15) is 9.90 Å². The number of hydrogen-bond donors (Lipinski definition) is 2. The fourth-order valence-electron chi connectivity index (χ4n) is 4.04. The van der Waals surface area contributed by atoms with Crippen molar-refractivity contribution in [1.29, 1.82) is 0 Å². The van der Waals surface area contributed by atoms with Gasteiger partial charge in [-0.3, -0.25) is 4.79 Å². The summed E-state index contributed by atoms with van der Waals surface area (Å²) in [7, 11) is 0. The second-order valence-electron chi connectivity index (χ2n) is 8.69. The number of nitrogens with one attached hydrogen (secondary N) is 1. The topological polar surface area (TPSA) is 93.6 Å². The van der Waals surface area contributed by atoms with Crippen LogP contribution in [0.2, 0.25) is 0 Å². The molecule has 1 aromatic heterocycles. The van der Waals surface area contributed by atoms with Gasteiger partial charge in [-0.25, -0.2) is 0 Å². The smallest absolute Gasteiger partial charge is 0.255 e. The number of carbonyl (C=O) groups excluding carboxylic acids is 1. The first-order chi connectivity index (χ1) is 18.1. The lowest BCUT2D eigenvalue weighted by Gasteiger charge is -2.36. The van der Waals surface area contributed by atoms with Gasteiger partial charge in [-0.1, -0.05) is 77.7 Å². The quantitative estimate of drug-likeness (QED) is 0.271. The second-order valence-corrected chi connectivity index (χ2v) is 11.1. The van der Waals surface area contributed by atoms with Crippen molar-refractivity contribution in [3.05, 3.63) is 106 Å². The first kappa shape index (κ1) is 25.6. The maximum Gasteiger partial charge on any atom is 0.255 e. The molecule has 2 heterocycles. The van der Waals surface area contributed by atoms with Gasteiger partial charge in [0.2, 0.25) is 0 Å². The van der Waals surface area contributed by atoms with E-state index in [0.717, 1.165) is 31.8 Å². The molecule has 0 radical (unpaired) electrons. The first-order valence-corrected chi connectivity index (χ1v) is 13.8. The number of anilines is 1. The third kappa shape index (κ3) is 6.63. The number of aromatic nitrogens is 2. The average Bonchev–Trinajstić information content (AvgIpc) is 3.37. The van der Waals surface area contributed by atoms with Crippen molar-refractivity contribution in [3.63, 3.8) is 0 Å². The van der Waals surface area contributed by atoms with Crippen LogP contribution in [0.15, 0.2) is 83.2 Å². The first-order valence-electron chi connectivity index (χ1n) is 12.0. The van der Waals surface area contributed by atoms with Gasteiger partial charge in [0.25, 0.3) is 5.91 Å². The molecule has 3 atom stereocenters. The number of aryl methyl sites for hydroxylation is 1. The highest BCUT2D eigenvalue weighted by atomic mass is 32.2. The molecule has 7 nitrogen and oxygen atoms in total. The molecule has 1 aliphatic heterocycles. The molecule has 4 aromatic rings. The summed E-state index contributed by atoms with van der Waals surface area (Å²) in [4.78, 5) is 12.5. The number of aliphatic hydroxyl groups excluding tert-OH is 1. The minimum Gasteiger partial charge on any atom is -0.392 e. The lowest BCUT2D eigenvalue weighted by atomic mass is 10.0. The fourth-order valence-corrected chi connectivity index (χ4v) is 5.90. The van der Waals surface area contributed by atoms with Crippen molar-refractivity contribution in [2.24, 2.45) is 0 Å². The number of hydrogen-bond acceptors (Lipinski definition) is 8. The van der Waals surface area contributed by atoms with Gasteiger partial charge in [0, 0.05) is 29.0 Å². The Balaban J connectivity index is 1.30. The minimum absolute atomic E-state index is 0.00519. The van der Waals surface area contributed by atoms with E-state index in [0.29, 0.717) is 17.7 Å². The van der Waals surface area contributed by atoms with Crippen LogP contribution >= 0.6 is 23.1 Å². The van der Waals surface area contributed by atoms with Crippen molar-refractivity contribution in [1.82, 2.24) is 10.2 Å². The number of amides is 1. The van der Waals surface area contributed by atoms with Gasteiger partial charge < -0.3 is 19.9 Å². The molecule has 5 rings (SSSR count). The molecule has 1 saturated heterocycles. The number of nitrogens with zero attached hydrogens (tertiary/aromatic N) is 2. The van der Waals surface area contributed by atoms with Crippen LogP contribution in [-0.4, -0.2) is 33.1 Å². The van der Waals surface area contributed by atoms with Gasteiger partial charge in [0.05, 0.1) is 18.8 Å². The van der Waals surface area contributed by atoms with Gasteiger partial charge in [-0.15, -0.1) is 10.2 Å². The average molecular weight is 534 g/mol. The van der Waals surface area contributed by atoms with Gasteiger partial charge in [-0.05, 0) is 42.3 Å². The van der Waals surface area contributed by atoms with E-state index in [1.807, 2.05) is 73.7 Å². The molecule has 1 aliphatic rings. The molecule has 0 bridgehead atoms. The third-order valence-electron chi connectivity index (χ3n) is 5.99. The van der Waals surface area contributed by atoms with Crippen molar-refractivity contribution in [3.8, 4) is 0 Å². The Morgan fingerprint density at radius 3 is 2.41 bits per heavy atom. The van der Waals surface area contributed by atoms with E-state index < -0.39 is 6.29 Å². The summed E-state index contributed by atoms with van der Waals surface area (Å²) in [5.41, 5.74) is 4.07. The minimum atomic E-state index is -0.558. The van der Waals surface area contributed by atoms with E-state index in [1.165, 1.54) is 0 Å². The standard InChI is InChI=1S/C28H27N3O4S2/c1-18-30-31-28(37-18)36-17-24-15-25(20-9-7-19(16-32)8-10-20)35-27(34-24)22-11-13-23(14-12-22)29-26(33)21-5-3-2-4-6-21/h2-14,24-25,27,32H,15-17H2,1H3,(H,29,33)/t24-,25+,27+/m1/s1. The highest BCUT2D eigenvalue weighted by Crippen LogP contribution is 2.39. The molecule has 190 valence electrons. The summed E-state index contributed by atoms with van der Waals surface area (Å²) in [5.74, 6) is 0.569. The van der Waals surface area contributed by atoms with Crippen molar-refractivity contribution in [2.45, 2.75) is 42.8 Å². The Bertz CT molecular complexity index is 1310. The molecule has 1 amide bonds. The highest BCUT2D eigenvalue weighted by Gasteiger charge is 2.32. The summed E-state index contributed by atoms with van der Waals surface area (Å²) in [6.45, 7) is 1.95. The molecule has 2 N–H and O–H groups in total. The van der Waals surface area contributed by atoms with Crippen LogP contribution < -0.4 is 5.32 Å². The number of thioether (sulfide) groups is 1. The Labute approximate surface area is 223 Å². The van der Waals surface area contributed by atoms with E-state index in [1.54, 1.807) is 35.2 Å². The third-order valence-corrected chi connectivity index (χ3v) is 8.10. The zero-order valence-corrected chi connectivity index (χ0v) is 21.9. The van der Waals surface area contributed by atoms with Crippen LogP contribution in [0.4, 0.5) is 5.69 Å². The Hall–Kier alpha value is -3.08. The van der Waals surface area contributed by atoms with E-state index in [4.69, 9.17) is 9.47 Å². The monoisotopic (exact) mass is 533 g/mol. The van der Waals surface area contributed by atoms with E-state index in [-0.39, 0.29) is 24.7 Å².